The summed E-state index contributed by atoms with van der Waals surface area (Å²) in [6, 6.07) is 10.3. The van der Waals surface area contributed by atoms with Gasteiger partial charge in [0, 0.05) is 17.7 Å². The van der Waals surface area contributed by atoms with E-state index in [-0.39, 0.29) is 27.8 Å². The molecule has 0 saturated carbocycles. The fourth-order valence-corrected chi connectivity index (χ4v) is 5.23. The number of anilines is 3. The fraction of sp³-hybridized carbons (Fsp3) is 0.267. The molecule has 3 amide bonds. The van der Waals surface area contributed by atoms with Crippen LogP contribution in [0.1, 0.15) is 44.8 Å². The predicted octanol–water partition coefficient (Wildman–Crippen LogP) is 5.54. The van der Waals surface area contributed by atoms with E-state index in [1.54, 1.807) is 38.1 Å². The number of carbonyl (C=O) groups is 3. The van der Waals surface area contributed by atoms with Crippen LogP contribution in [0.4, 0.5) is 30.6 Å². The van der Waals surface area contributed by atoms with E-state index in [0.717, 1.165) is 7.11 Å². The molecule has 0 radical (unpaired) electrons. The standard InChI is InChI=1S/C30H30ClF2N7O4/c1-15-6-4-8-20(35-29(42)26-16(2)40(39-38-26)23-9-5-7-19(31)24(23)32)22-14-17(12-13-34-22)18-10-11-21(36-30(43)44-3)25(33)27(18)37-28(15)41/h5,7,9-15,20,38-39H,4,6,8H2,1-3H3,(H,35,42)(H,36,43)(H,37,41)/t15-,20+/m1/s1. The van der Waals surface area contributed by atoms with Crippen LogP contribution in [-0.4, -0.2) is 30.0 Å². The summed E-state index contributed by atoms with van der Waals surface area (Å²) in [5, 5.41) is 9.33. The van der Waals surface area contributed by atoms with Crippen LogP contribution in [0.15, 0.2) is 60.1 Å². The van der Waals surface area contributed by atoms with E-state index in [0.29, 0.717) is 41.8 Å². The molecule has 230 valence electrons. The highest BCUT2D eigenvalue weighted by atomic mass is 35.5. The lowest BCUT2D eigenvalue weighted by Gasteiger charge is -2.23. The molecule has 1 aromatic heterocycles. The number of hydrazine groups is 2. The monoisotopic (exact) mass is 625 g/mol. The highest BCUT2D eigenvalue weighted by Gasteiger charge is 2.30. The lowest BCUT2D eigenvalue weighted by Crippen LogP contribution is -2.40. The van der Waals surface area contributed by atoms with Crippen molar-refractivity contribution in [2.24, 2.45) is 5.92 Å². The molecule has 2 aliphatic rings. The zero-order valence-corrected chi connectivity index (χ0v) is 24.8. The molecule has 0 spiro atoms. The molecule has 3 aromatic rings. The molecule has 5 N–H and O–H groups in total. The van der Waals surface area contributed by atoms with E-state index in [1.165, 1.54) is 29.4 Å². The summed E-state index contributed by atoms with van der Waals surface area (Å²) >= 11 is 5.95. The maximum Gasteiger partial charge on any atom is 0.411 e. The second kappa shape index (κ2) is 12.9. The minimum Gasteiger partial charge on any atom is -0.453 e. The average Bonchev–Trinajstić information content (AvgIpc) is 3.40. The lowest BCUT2D eigenvalue weighted by atomic mass is 9.95. The van der Waals surface area contributed by atoms with Gasteiger partial charge >= 0.3 is 6.09 Å². The third-order valence-electron chi connectivity index (χ3n) is 7.53. The molecule has 2 bridgehead atoms. The van der Waals surface area contributed by atoms with Crippen molar-refractivity contribution in [1.29, 1.82) is 0 Å². The first-order chi connectivity index (χ1) is 21.1. The first-order valence-electron chi connectivity index (χ1n) is 13.8. The van der Waals surface area contributed by atoms with Crippen LogP contribution in [0.3, 0.4) is 0 Å². The van der Waals surface area contributed by atoms with Crippen molar-refractivity contribution in [1.82, 2.24) is 21.3 Å². The third kappa shape index (κ3) is 6.15. The van der Waals surface area contributed by atoms with Gasteiger partial charge in [-0.15, -0.1) is 5.53 Å². The van der Waals surface area contributed by atoms with Crippen LogP contribution in [0, 0.1) is 17.6 Å². The number of benzene rings is 2. The molecular formula is C30H30ClF2N7O4. The van der Waals surface area contributed by atoms with E-state index in [9.17, 15) is 18.8 Å². The average molecular weight is 626 g/mol. The number of aromatic nitrogens is 1. The van der Waals surface area contributed by atoms with Gasteiger partial charge in [-0.1, -0.05) is 37.1 Å². The molecule has 14 heteroatoms. The largest absolute Gasteiger partial charge is 0.453 e. The van der Waals surface area contributed by atoms with Gasteiger partial charge in [0.05, 0.1) is 46.6 Å². The number of rotatable bonds is 4. The Kier molecular flexibility index (Phi) is 8.97. The number of pyridine rings is 1. The Morgan fingerprint density at radius 1 is 1.14 bits per heavy atom. The molecular weight excluding hydrogens is 596 g/mol. The molecule has 2 aliphatic heterocycles. The molecule has 0 aliphatic carbocycles. The summed E-state index contributed by atoms with van der Waals surface area (Å²) in [6.07, 6.45) is 2.10. The number of carbonyl (C=O) groups excluding carboxylic acids is 3. The molecule has 3 heterocycles. The fourth-order valence-electron chi connectivity index (χ4n) is 5.06. The number of allylic oxidation sites excluding steroid dienone is 1. The van der Waals surface area contributed by atoms with E-state index in [2.05, 4.69) is 36.6 Å². The topological polar surface area (TPSA) is 137 Å². The smallest absolute Gasteiger partial charge is 0.411 e. The maximum absolute atomic E-state index is 15.7. The van der Waals surface area contributed by atoms with Gasteiger partial charge in [-0.2, -0.15) is 0 Å². The maximum atomic E-state index is 15.7. The van der Waals surface area contributed by atoms with Crippen LogP contribution < -0.4 is 31.9 Å². The van der Waals surface area contributed by atoms with E-state index in [4.69, 9.17) is 11.6 Å². The van der Waals surface area contributed by atoms with E-state index < -0.39 is 41.5 Å². The summed E-state index contributed by atoms with van der Waals surface area (Å²) in [7, 11) is 1.16. The first-order valence-corrected chi connectivity index (χ1v) is 14.2. The van der Waals surface area contributed by atoms with Gasteiger partial charge < -0.3 is 15.4 Å². The van der Waals surface area contributed by atoms with Crippen molar-refractivity contribution >= 4 is 46.6 Å². The highest BCUT2D eigenvalue weighted by molar-refractivity contribution is 6.31. The van der Waals surface area contributed by atoms with Gasteiger partial charge in [-0.25, -0.2) is 13.6 Å². The minimum atomic E-state index is -0.861. The summed E-state index contributed by atoms with van der Waals surface area (Å²) in [6.45, 7) is 3.38. The van der Waals surface area contributed by atoms with Crippen molar-refractivity contribution in [3.8, 4) is 11.1 Å². The third-order valence-corrected chi connectivity index (χ3v) is 7.83. The molecule has 0 fully saturated rings. The summed E-state index contributed by atoms with van der Waals surface area (Å²) in [5.41, 5.74) is 7.42. The molecule has 5 rings (SSSR count). The van der Waals surface area contributed by atoms with E-state index in [1.807, 2.05) is 0 Å². The Morgan fingerprint density at radius 3 is 2.70 bits per heavy atom. The molecule has 11 nitrogen and oxygen atoms in total. The molecule has 2 aromatic carbocycles. The Labute approximate surface area is 256 Å². The number of fused-ring (bicyclic) bond motifs is 4. The Bertz CT molecular complexity index is 1670. The van der Waals surface area contributed by atoms with Crippen molar-refractivity contribution in [2.75, 3.05) is 22.8 Å². The number of halogens is 3. The van der Waals surface area contributed by atoms with Crippen LogP contribution in [-0.2, 0) is 14.3 Å². The van der Waals surface area contributed by atoms with Crippen LogP contribution in [0.2, 0.25) is 5.02 Å². The summed E-state index contributed by atoms with van der Waals surface area (Å²) in [5.74, 6) is -2.84. The Morgan fingerprint density at radius 2 is 1.93 bits per heavy atom. The Hall–Kier alpha value is -4.75. The van der Waals surface area contributed by atoms with Gasteiger partial charge in [0.2, 0.25) is 5.91 Å². The molecule has 0 saturated heterocycles. The number of methoxy groups -OCH3 is 1. The zero-order valence-electron chi connectivity index (χ0n) is 24.1. The number of hydrogen-bond acceptors (Lipinski definition) is 8. The van der Waals surface area contributed by atoms with Crippen LogP contribution >= 0.6 is 11.6 Å². The van der Waals surface area contributed by atoms with E-state index >= 15 is 4.39 Å². The molecule has 0 unspecified atom stereocenters. The zero-order chi connectivity index (χ0) is 31.5. The number of hydrogen-bond donors (Lipinski definition) is 5. The minimum absolute atomic E-state index is 0.0607. The number of ether oxygens (including phenoxy) is 1. The van der Waals surface area contributed by atoms with Gasteiger partial charge in [0.1, 0.15) is 5.70 Å². The number of nitrogens with one attached hydrogen (secondary N) is 5. The lowest BCUT2D eigenvalue weighted by molar-refractivity contribution is -0.120. The van der Waals surface area contributed by atoms with Gasteiger partial charge in [0.15, 0.2) is 11.6 Å². The predicted molar refractivity (Wildman–Crippen MR) is 161 cm³/mol. The molecule has 2 atom stereocenters. The summed E-state index contributed by atoms with van der Waals surface area (Å²) < 4.78 is 35.0. The number of nitrogens with zero attached hydrogens (tertiary/aromatic N) is 2. The second-order valence-corrected chi connectivity index (χ2v) is 10.8. The number of amides is 3. The highest BCUT2D eigenvalue weighted by Crippen LogP contribution is 2.37. The summed E-state index contributed by atoms with van der Waals surface area (Å²) in [4.78, 5) is 42.9. The van der Waals surface area contributed by atoms with Gasteiger partial charge in [-0.3, -0.25) is 30.3 Å². The quantitative estimate of drug-likeness (QED) is 0.255. The van der Waals surface area contributed by atoms with Gasteiger partial charge in [-0.05, 0) is 55.7 Å². The van der Waals surface area contributed by atoms with Crippen molar-refractivity contribution in [3.05, 3.63) is 82.4 Å². The van der Waals surface area contributed by atoms with Crippen molar-refractivity contribution < 1.29 is 27.9 Å². The Balaban J connectivity index is 1.49. The second-order valence-electron chi connectivity index (χ2n) is 10.4. The molecule has 44 heavy (non-hydrogen) atoms. The first kappa shape index (κ1) is 30.7. The van der Waals surface area contributed by atoms with Crippen molar-refractivity contribution in [2.45, 2.75) is 39.2 Å². The van der Waals surface area contributed by atoms with Crippen LogP contribution in [0.25, 0.3) is 11.1 Å². The van der Waals surface area contributed by atoms with Crippen molar-refractivity contribution in [3.63, 3.8) is 0 Å². The van der Waals surface area contributed by atoms with Crippen LogP contribution in [0.5, 0.6) is 0 Å². The normalized spacial score (nSPS) is 18.3. The SMILES string of the molecule is COC(=O)Nc1ccc2c(c1F)NC(=O)[C@H](C)CCC[C@H](NC(=O)C1=C(C)N(c3cccc(Cl)c3F)NN1)c1cc-2ccn1. The van der Waals surface area contributed by atoms with Gasteiger partial charge in [0.25, 0.3) is 5.91 Å².